The molecule has 2 atom stereocenters. The number of ketones is 1. The Labute approximate surface area is 150 Å². The number of carbonyl (C=O) groups is 2. The number of hydrogen-bond acceptors (Lipinski definition) is 4. The smallest absolute Gasteiger partial charge is 0.334 e. The number of ether oxygens (including phenoxy) is 1. The Morgan fingerprint density at radius 2 is 1.96 bits per heavy atom. The first-order valence-electron chi connectivity index (χ1n) is 9.04. The Morgan fingerprint density at radius 3 is 2.60 bits per heavy atom. The molecule has 2 rings (SSSR count). The molecule has 2 aliphatic carbocycles. The monoisotopic (exact) mass is 346 g/mol. The first-order valence-corrected chi connectivity index (χ1v) is 9.04. The van der Waals surface area contributed by atoms with Crippen LogP contribution in [-0.4, -0.2) is 30.1 Å². The lowest BCUT2D eigenvalue weighted by Gasteiger charge is -2.41. The predicted octanol–water partition coefficient (Wildman–Crippen LogP) is 3.90. The molecule has 0 unspecified atom stereocenters. The van der Waals surface area contributed by atoms with Crippen LogP contribution in [0.5, 0.6) is 0 Å². The van der Waals surface area contributed by atoms with Crippen LogP contribution in [0, 0.1) is 11.3 Å². The van der Waals surface area contributed by atoms with Crippen molar-refractivity contribution in [3.63, 3.8) is 0 Å². The molecule has 25 heavy (non-hydrogen) atoms. The zero-order valence-electron chi connectivity index (χ0n) is 15.9. The van der Waals surface area contributed by atoms with Gasteiger partial charge in [-0.2, -0.15) is 0 Å². The molecule has 0 saturated heterocycles. The summed E-state index contributed by atoms with van der Waals surface area (Å²) < 4.78 is 4.94. The zero-order chi connectivity index (χ0) is 18.8. The van der Waals surface area contributed by atoms with Crippen LogP contribution in [0.3, 0.4) is 0 Å². The van der Waals surface area contributed by atoms with Gasteiger partial charge in [-0.3, -0.25) is 4.79 Å². The fourth-order valence-corrected chi connectivity index (χ4v) is 4.32. The first kappa shape index (κ1) is 19.6. The molecule has 2 aliphatic rings. The van der Waals surface area contributed by atoms with E-state index < -0.39 is 12.1 Å². The number of aliphatic hydroxyl groups excluding tert-OH is 1. The number of rotatable bonds is 1. The third kappa shape index (κ3) is 4.30. The van der Waals surface area contributed by atoms with Gasteiger partial charge in [0.15, 0.2) is 5.78 Å². The van der Waals surface area contributed by atoms with Gasteiger partial charge in [0.2, 0.25) is 0 Å². The number of esters is 1. The van der Waals surface area contributed by atoms with Crippen LogP contribution in [0.4, 0.5) is 0 Å². The summed E-state index contributed by atoms with van der Waals surface area (Å²) in [6.45, 7) is 10.1. The fraction of sp³-hybridized carbons (Fsp3) is 0.619. The van der Waals surface area contributed by atoms with Gasteiger partial charge in [-0.1, -0.05) is 37.6 Å². The lowest BCUT2D eigenvalue weighted by atomic mass is 9.62. The molecule has 0 aromatic rings. The highest BCUT2D eigenvalue weighted by Gasteiger charge is 2.43. The van der Waals surface area contributed by atoms with Crippen LogP contribution in [0.25, 0.3) is 0 Å². The van der Waals surface area contributed by atoms with Crippen LogP contribution in [0.1, 0.15) is 59.3 Å². The van der Waals surface area contributed by atoms with Gasteiger partial charge in [-0.15, -0.1) is 0 Å². The Bertz CT molecular complexity index is 636. The number of Topliss-reactive ketones (excluding diaryl/α,β-unsaturated/α-hetero) is 1. The molecular weight excluding hydrogens is 316 g/mol. The molecule has 0 amide bonds. The summed E-state index contributed by atoms with van der Waals surface area (Å²) >= 11 is 0. The molecule has 0 aliphatic heterocycles. The molecule has 138 valence electrons. The summed E-state index contributed by atoms with van der Waals surface area (Å²) in [5, 5.41) is 10.2. The van der Waals surface area contributed by atoms with Crippen molar-refractivity contribution in [2.24, 2.45) is 11.3 Å². The summed E-state index contributed by atoms with van der Waals surface area (Å²) in [7, 11) is 1.36. The second-order valence-corrected chi connectivity index (χ2v) is 7.98. The molecule has 4 heteroatoms. The quantitative estimate of drug-likeness (QED) is 0.578. The summed E-state index contributed by atoms with van der Waals surface area (Å²) in [6, 6.07) is 0. The average molecular weight is 346 g/mol. The van der Waals surface area contributed by atoms with Crippen molar-refractivity contribution in [1.29, 1.82) is 0 Å². The zero-order valence-corrected chi connectivity index (χ0v) is 15.9. The van der Waals surface area contributed by atoms with Gasteiger partial charge >= 0.3 is 5.97 Å². The van der Waals surface area contributed by atoms with Crippen LogP contribution < -0.4 is 0 Å². The van der Waals surface area contributed by atoms with Crippen molar-refractivity contribution < 1.29 is 19.4 Å². The minimum absolute atomic E-state index is 0.0320. The minimum atomic E-state index is -0.610. The average Bonchev–Trinajstić information content (AvgIpc) is 2.50. The Balaban J connectivity index is 2.53. The summed E-state index contributed by atoms with van der Waals surface area (Å²) in [6.07, 6.45) is 5.06. The first-order chi connectivity index (χ1) is 11.7. The van der Waals surface area contributed by atoms with E-state index in [1.54, 1.807) is 6.08 Å². The molecule has 0 fully saturated rings. The molecule has 1 N–H and O–H groups in total. The minimum Gasteiger partial charge on any atom is -0.466 e. The highest BCUT2D eigenvalue weighted by Crippen LogP contribution is 2.48. The number of methoxy groups -OCH3 is 1. The third-order valence-electron chi connectivity index (χ3n) is 5.68. The highest BCUT2D eigenvalue weighted by atomic mass is 16.5. The number of hydrogen-bond donors (Lipinski definition) is 1. The van der Waals surface area contributed by atoms with E-state index in [2.05, 4.69) is 20.4 Å². The van der Waals surface area contributed by atoms with E-state index in [1.807, 2.05) is 6.92 Å². The summed E-state index contributed by atoms with van der Waals surface area (Å²) in [5.41, 5.74) is 2.61. The summed E-state index contributed by atoms with van der Waals surface area (Å²) in [4.78, 5) is 25.3. The van der Waals surface area contributed by atoms with Gasteiger partial charge in [0, 0.05) is 17.6 Å². The highest BCUT2D eigenvalue weighted by molar-refractivity contribution is 6.05. The molecule has 4 nitrogen and oxygen atoms in total. The molecule has 0 spiro atoms. The Morgan fingerprint density at radius 1 is 1.32 bits per heavy atom. The van der Waals surface area contributed by atoms with Crippen LogP contribution in [-0.2, 0) is 14.3 Å². The third-order valence-corrected chi connectivity index (χ3v) is 5.68. The number of fused-ring (bicyclic) bond motifs is 2. The lowest BCUT2D eigenvalue weighted by molar-refractivity contribution is -0.137. The van der Waals surface area contributed by atoms with Crippen LogP contribution in [0.15, 0.2) is 34.9 Å². The largest absolute Gasteiger partial charge is 0.466 e. The normalized spacial score (nSPS) is 30.0. The van der Waals surface area contributed by atoms with Gasteiger partial charge in [0.1, 0.15) is 0 Å². The standard InChI is InChI=1S/C21H30O4/c1-13-6-7-15-8-9-17(20(24)25-5)19(21(15,3)4)18(23)12-14(2)11-16(22)10-13/h11,15-16,22H,1,6-10,12H2,2-5H3/b14-11+/t15-,16+/m1/s1. The summed E-state index contributed by atoms with van der Waals surface area (Å²) in [5.74, 6) is -0.124. The number of carbonyl (C=O) groups excluding carboxylic acids is 2. The second kappa shape index (κ2) is 7.69. The van der Waals surface area contributed by atoms with Crippen molar-refractivity contribution in [3.05, 3.63) is 34.9 Å². The van der Waals surface area contributed by atoms with Crippen LogP contribution >= 0.6 is 0 Å². The predicted molar refractivity (Wildman–Crippen MR) is 97.9 cm³/mol. The molecule has 0 radical (unpaired) electrons. The van der Waals surface area contributed by atoms with Gasteiger partial charge in [0.25, 0.3) is 0 Å². The topological polar surface area (TPSA) is 63.6 Å². The molecular formula is C21H30O4. The van der Waals surface area contributed by atoms with E-state index in [-0.39, 0.29) is 17.6 Å². The van der Waals surface area contributed by atoms with E-state index in [9.17, 15) is 14.7 Å². The number of allylic oxidation sites excluding steroid dienone is 2. The van der Waals surface area contributed by atoms with Crippen molar-refractivity contribution in [1.82, 2.24) is 0 Å². The van der Waals surface area contributed by atoms with E-state index in [1.165, 1.54) is 7.11 Å². The van der Waals surface area contributed by atoms with Crippen molar-refractivity contribution in [2.45, 2.75) is 65.4 Å². The number of aliphatic hydroxyl groups is 1. The van der Waals surface area contributed by atoms with Gasteiger partial charge < -0.3 is 9.84 Å². The van der Waals surface area contributed by atoms with Crippen molar-refractivity contribution in [2.75, 3.05) is 7.11 Å². The molecule has 0 aromatic carbocycles. The van der Waals surface area contributed by atoms with E-state index in [4.69, 9.17) is 4.74 Å². The van der Waals surface area contributed by atoms with E-state index in [0.717, 1.165) is 30.4 Å². The molecule has 0 aromatic heterocycles. The van der Waals surface area contributed by atoms with Crippen molar-refractivity contribution in [3.8, 4) is 0 Å². The van der Waals surface area contributed by atoms with Gasteiger partial charge in [-0.05, 0) is 50.4 Å². The Kier molecular flexibility index (Phi) is 6.04. The second-order valence-electron chi connectivity index (χ2n) is 7.98. The van der Waals surface area contributed by atoms with Gasteiger partial charge in [-0.25, -0.2) is 4.79 Å². The lowest BCUT2D eigenvalue weighted by Crippen LogP contribution is -2.37. The fourth-order valence-electron chi connectivity index (χ4n) is 4.32. The maximum absolute atomic E-state index is 13.1. The van der Waals surface area contributed by atoms with Gasteiger partial charge in [0.05, 0.1) is 13.2 Å². The molecule has 0 heterocycles. The van der Waals surface area contributed by atoms with Crippen molar-refractivity contribution >= 4 is 11.8 Å². The van der Waals surface area contributed by atoms with E-state index >= 15 is 0 Å². The Hall–Kier alpha value is -1.68. The SMILES string of the molecule is C=C1CC[C@@H]2CCC(C(=O)OC)=C(C(=O)C/C(C)=C/[C@@H](O)C1)C2(C)C. The van der Waals surface area contributed by atoms with E-state index in [0.29, 0.717) is 29.9 Å². The maximum Gasteiger partial charge on any atom is 0.334 e. The maximum atomic E-state index is 13.1. The van der Waals surface area contributed by atoms with Crippen LogP contribution in [0.2, 0.25) is 0 Å². The molecule has 2 bridgehead atoms. The molecule has 0 saturated carbocycles.